The molecule has 0 atom stereocenters. The molecular weight excluding hydrogens is 340 g/mol. The Labute approximate surface area is 158 Å². The van der Waals surface area contributed by atoms with Crippen LogP contribution in [0.5, 0.6) is 0 Å². The molecule has 140 valence electrons. The summed E-state index contributed by atoms with van der Waals surface area (Å²) in [6.07, 6.45) is 1.58. The van der Waals surface area contributed by atoms with Gasteiger partial charge in [-0.2, -0.15) is 5.10 Å². The van der Waals surface area contributed by atoms with Crippen molar-refractivity contribution in [2.75, 3.05) is 13.1 Å². The van der Waals surface area contributed by atoms with Crippen molar-refractivity contribution in [3.63, 3.8) is 0 Å². The van der Waals surface area contributed by atoms with Gasteiger partial charge in [0, 0.05) is 37.6 Å². The van der Waals surface area contributed by atoms with Crippen LogP contribution in [-0.2, 0) is 18.4 Å². The maximum atomic E-state index is 12.3. The Hall–Kier alpha value is -2.89. The molecule has 6 nitrogen and oxygen atoms in total. The first-order valence-electron chi connectivity index (χ1n) is 9.31. The van der Waals surface area contributed by atoms with Crippen molar-refractivity contribution in [2.45, 2.75) is 32.3 Å². The largest absolute Gasteiger partial charge is 0.445 e. The SMILES string of the molecule is CC(C)c1ccnc2c1c(C1CN(C(=O)OCc3ccccc3)C1)nn2C. The van der Waals surface area contributed by atoms with Crippen molar-refractivity contribution in [3.8, 4) is 0 Å². The smallest absolute Gasteiger partial charge is 0.410 e. The molecule has 1 aliphatic rings. The van der Waals surface area contributed by atoms with Crippen molar-refractivity contribution >= 4 is 17.1 Å². The second-order valence-electron chi connectivity index (χ2n) is 7.40. The van der Waals surface area contributed by atoms with Crippen LogP contribution in [0.15, 0.2) is 42.6 Å². The molecule has 0 N–H and O–H groups in total. The van der Waals surface area contributed by atoms with Crippen molar-refractivity contribution in [3.05, 3.63) is 59.4 Å². The zero-order chi connectivity index (χ0) is 19.0. The molecule has 0 aliphatic carbocycles. The Bertz CT molecular complexity index is 959. The number of pyridine rings is 1. The molecule has 1 aliphatic heterocycles. The molecule has 4 rings (SSSR count). The first-order chi connectivity index (χ1) is 13.0. The summed E-state index contributed by atoms with van der Waals surface area (Å²) in [5, 5.41) is 5.85. The predicted octanol–water partition coefficient (Wildman–Crippen LogP) is 3.83. The topological polar surface area (TPSA) is 60.3 Å². The van der Waals surface area contributed by atoms with Gasteiger partial charge in [0.2, 0.25) is 0 Å². The van der Waals surface area contributed by atoms with E-state index in [-0.39, 0.29) is 12.0 Å². The number of hydrogen-bond acceptors (Lipinski definition) is 4. The predicted molar refractivity (Wildman–Crippen MR) is 104 cm³/mol. The standard InChI is InChI=1S/C21H24N4O2/c1-14(2)17-9-10-22-20-18(17)19(23-24(20)3)16-11-25(12-16)21(26)27-13-15-7-5-4-6-8-15/h4-10,14,16H,11-13H2,1-3H3. The van der Waals surface area contributed by atoms with Crippen LogP contribution in [0.3, 0.4) is 0 Å². The van der Waals surface area contributed by atoms with Gasteiger partial charge in [-0.15, -0.1) is 0 Å². The van der Waals surface area contributed by atoms with Gasteiger partial charge < -0.3 is 9.64 Å². The highest BCUT2D eigenvalue weighted by molar-refractivity contribution is 5.84. The van der Waals surface area contributed by atoms with Crippen molar-refractivity contribution in [1.82, 2.24) is 19.7 Å². The Morgan fingerprint density at radius 2 is 1.96 bits per heavy atom. The minimum absolute atomic E-state index is 0.222. The van der Waals surface area contributed by atoms with Gasteiger partial charge in [-0.25, -0.2) is 9.78 Å². The molecule has 1 aromatic carbocycles. The molecule has 0 unspecified atom stereocenters. The number of aryl methyl sites for hydroxylation is 1. The van der Waals surface area contributed by atoms with Crippen molar-refractivity contribution in [1.29, 1.82) is 0 Å². The van der Waals surface area contributed by atoms with Crippen molar-refractivity contribution in [2.24, 2.45) is 7.05 Å². The van der Waals surface area contributed by atoms with Gasteiger partial charge in [0.1, 0.15) is 6.61 Å². The van der Waals surface area contributed by atoms with Gasteiger partial charge in [-0.05, 0) is 23.1 Å². The molecule has 0 bridgehead atoms. The van der Waals surface area contributed by atoms with Crippen LogP contribution in [0.2, 0.25) is 0 Å². The van der Waals surface area contributed by atoms with Gasteiger partial charge in [0.15, 0.2) is 5.65 Å². The summed E-state index contributed by atoms with van der Waals surface area (Å²) in [5.41, 5.74) is 4.19. The van der Waals surface area contributed by atoms with Crippen LogP contribution in [0.4, 0.5) is 4.79 Å². The van der Waals surface area contributed by atoms with Gasteiger partial charge in [-0.1, -0.05) is 44.2 Å². The summed E-state index contributed by atoms with van der Waals surface area (Å²) in [6.45, 7) is 5.92. The molecule has 0 spiro atoms. The summed E-state index contributed by atoms with van der Waals surface area (Å²) >= 11 is 0. The monoisotopic (exact) mass is 364 g/mol. The molecule has 27 heavy (non-hydrogen) atoms. The number of benzene rings is 1. The Kier molecular flexibility index (Phi) is 4.56. The van der Waals surface area contributed by atoms with Gasteiger partial charge >= 0.3 is 6.09 Å². The number of aromatic nitrogens is 3. The summed E-state index contributed by atoms with van der Waals surface area (Å²) in [5.74, 6) is 0.616. The Balaban J connectivity index is 1.46. The van der Waals surface area contributed by atoms with E-state index in [1.165, 1.54) is 5.56 Å². The van der Waals surface area contributed by atoms with E-state index in [0.717, 1.165) is 22.3 Å². The lowest BCUT2D eigenvalue weighted by molar-refractivity contribution is 0.0658. The molecule has 0 radical (unpaired) electrons. The lowest BCUT2D eigenvalue weighted by Gasteiger charge is -2.37. The van der Waals surface area contributed by atoms with Gasteiger partial charge in [0.05, 0.1) is 5.69 Å². The highest BCUT2D eigenvalue weighted by Gasteiger charge is 2.36. The first kappa shape index (κ1) is 17.5. The molecule has 3 heterocycles. The number of hydrogen-bond donors (Lipinski definition) is 0. The number of likely N-dealkylation sites (tertiary alicyclic amines) is 1. The van der Waals surface area contributed by atoms with E-state index in [9.17, 15) is 4.79 Å². The van der Waals surface area contributed by atoms with E-state index >= 15 is 0 Å². The van der Waals surface area contributed by atoms with Crippen LogP contribution in [0.25, 0.3) is 11.0 Å². The molecule has 2 aromatic heterocycles. The van der Waals surface area contributed by atoms with Crippen LogP contribution in [0, 0.1) is 0 Å². The maximum absolute atomic E-state index is 12.3. The summed E-state index contributed by atoms with van der Waals surface area (Å²) in [7, 11) is 1.92. The molecule has 1 saturated heterocycles. The quantitative estimate of drug-likeness (QED) is 0.706. The third-order valence-corrected chi connectivity index (χ3v) is 5.14. The molecule has 6 heteroatoms. The fourth-order valence-electron chi connectivity index (χ4n) is 3.61. The van der Waals surface area contributed by atoms with E-state index in [1.807, 2.05) is 48.3 Å². The first-order valence-corrected chi connectivity index (χ1v) is 9.31. The highest BCUT2D eigenvalue weighted by Crippen LogP contribution is 2.35. The molecule has 3 aromatic rings. The lowest BCUT2D eigenvalue weighted by atomic mass is 9.91. The second kappa shape index (κ2) is 7.02. The summed E-state index contributed by atoms with van der Waals surface area (Å²) < 4.78 is 7.26. The van der Waals surface area contributed by atoms with E-state index in [0.29, 0.717) is 25.6 Å². The number of amides is 1. The average Bonchev–Trinajstić information content (AvgIpc) is 2.96. The van der Waals surface area contributed by atoms with E-state index in [4.69, 9.17) is 9.84 Å². The van der Waals surface area contributed by atoms with E-state index < -0.39 is 0 Å². The van der Waals surface area contributed by atoms with Crippen LogP contribution < -0.4 is 0 Å². The molecule has 1 amide bonds. The Morgan fingerprint density at radius 1 is 1.22 bits per heavy atom. The lowest BCUT2D eigenvalue weighted by Crippen LogP contribution is -2.48. The number of nitrogens with zero attached hydrogens (tertiary/aromatic N) is 4. The fraction of sp³-hybridized carbons (Fsp3) is 0.381. The Morgan fingerprint density at radius 3 is 2.67 bits per heavy atom. The van der Waals surface area contributed by atoms with Crippen LogP contribution in [-0.4, -0.2) is 38.8 Å². The van der Waals surface area contributed by atoms with Gasteiger partial charge in [0.25, 0.3) is 0 Å². The van der Waals surface area contributed by atoms with Crippen molar-refractivity contribution < 1.29 is 9.53 Å². The third-order valence-electron chi connectivity index (χ3n) is 5.14. The zero-order valence-electron chi connectivity index (χ0n) is 15.9. The molecule has 1 fully saturated rings. The summed E-state index contributed by atoms with van der Waals surface area (Å²) in [4.78, 5) is 18.5. The van der Waals surface area contributed by atoms with Crippen LogP contribution >= 0.6 is 0 Å². The highest BCUT2D eigenvalue weighted by atomic mass is 16.6. The van der Waals surface area contributed by atoms with Crippen LogP contribution in [0.1, 0.15) is 42.5 Å². The minimum atomic E-state index is -0.266. The molecule has 0 saturated carbocycles. The number of ether oxygens (including phenoxy) is 1. The van der Waals surface area contributed by atoms with E-state index in [1.54, 1.807) is 4.90 Å². The normalized spacial score (nSPS) is 14.6. The maximum Gasteiger partial charge on any atom is 0.410 e. The third kappa shape index (κ3) is 3.27. The average molecular weight is 364 g/mol. The second-order valence-corrected chi connectivity index (χ2v) is 7.40. The van der Waals surface area contributed by atoms with E-state index in [2.05, 4.69) is 24.9 Å². The van der Waals surface area contributed by atoms with Gasteiger partial charge in [-0.3, -0.25) is 4.68 Å². The number of rotatable bonds is 4. The molecular formula is C21H24N4O2. The zero-order valence-corrected chi connectivity index (χ0v) is 15.9. The summed E-state index contributed by atoms with van der Waals surface area (Å²) in [6, 6.07) is 11.8. The number of fused-ring (bicyclic) bond motifs is 1. The minimum Gasteiger partial charge on any atom is -0.445 e. The number of carbonyl (C=O) groups excluding carboxylic acids is 1. The number of carbonyl (C=O) groups is 1. The fourth-order valence-corrected chi connectivity index (χ4v) is 3.61.